The molecule has 7 heteroatoms. The van der Waals surface area contributed by atoms with E-state index in [1.54, 1.807) is 0 Å². The number of halogens is 2. The smallest absolute Gasteiger partial charge is 0.337 e. The normalized spacial score (nSPS) is 15.1. The molecule has 1 fully saturated rings. The molecule has 5 nitrogen and oxygen atoms in total. The Morgan fingerprint density at radius 3 is 2.58 bits per heavy atom. The van der Waals surface area contributed by atoms with E-state index >= 15 is 0 Å². The maximum atomic E-state index is 13.5. The molecule has 0 atom stereocenters. The lowest BCUT2D eigenvalue weighted by molar-refractivity contribution is -0.118. The molecule has 0 saturated heterocycles. The average molecular weight is 289 g/mol. The zero-order chi connectivity index (χ0) is 13.3. The van der Waals surface area contributed by atoms with Crippen LogP contribution < -0.4 is 11.1 Å². The van der Waals surface area contributed by atoms with Crippen LogP contribution >= 0.6 is 12.4 Å². The number of carbonyl (C=O) groups is 2. The van der Waals surface area contributed by atoms with Gasteiger partial charge in [-0.3, -0.25) is 4.79 Å². The minimum Gasteiger partial charge on any atom is -0.465 e. The van der Waals surface area contributed by atoms with Gasteiger partial charge in [-0.25, -0.2) is 9.18 Å². The van der Waals surface area contributed by atoms with Crippen LogP contribution in [0, 0.1) is 5.82 Å². The van der Waals surface area contributed by atoms with Crippen LogP contribution in [-0.4, -0.2) is 24.5 Å². The maximum absolute atomic E-state index is 13.5. The summed E-state index contributed by atoms with van der Waals surface area (Å²) in [4.78, 5) is 23.0. The highest BCUT2D eigenvalue weighted by molar-refractivity contribution is 6.01. The molecule has 1 aromatic carbocycles. The molecular formula is C12H14ClFN2O3. The summed E-state index contributed by atoms with van der Waals surface area (Å²) in [5.74, 6) is -1.66. The van der Waals surface area contributed by atoms with E-state index in [9.17, 15) is 14.0 Å². The van der Waals surface area contributed by atoms with Gasteiger partial charge in [-0.2, -0.15) is 0 Å². The van der Waals surface area contributed by atoms with Gasteiger partial charge in [0.15, 0.2) is 0 Å². The van der Waals surface area contributed by atoms with Crippen LogP contribution in [0.5, 0.6) is 0 Å². The van der Waals surface area contributed by atoms with E-state index < -0.39 is 23.2 Å². The highest BCUT2D eigenvalue weighted by Gasteiger charge is 2.46. The summed E-state index contributed by atoms with van der Waals surface area (Å²) < 4.78 is 18.0. The molecule has 104 valence electrons. The minimum absolute atomic E-state index is 0. The van der Waals surface area contributed by atoms with E-state index in [2.05, 4.69) is 10.1 Å². The molecule has 0 aromatic heterocycles. The number of nitrogens with two attached hydrogens (primary N) is 1. The van der Waals surface area contributed by atoms with Gasteiger partial charge in [-0.05, 0) is 31.0 Å². The number of amides is 1. The summed E-state index contributed by atoms with van der Waals surface area (Å²) >= 11 is 0. The SMILES string of the molecule is COC(=O)c1ccc(F)c(NC(=O)C2(N)CC2)c1.Cl. The van der Waals surface area contributed by atoms with Crippen LogP contribution in [0.1, 0.15) is 23.2 Å². The summed E-state index contributed by atoms with van der Waals surface area (Å²) in [6.07, 6.45) is 1.16. The predicted octanol–water partition coefficient (Wildman–Crippen LogP) is 1.46. The second-order valence-corrected chi connectivity index (χ2v) is 4.30. The molecule has 1 amide bonds. The number of esters is 1. The third-order valence-corrected chi connectivity index (χ3v) is 2.88. The fourth-order valence-corrected chi connectivity index (χ4v) is 1.47. The van der Waals surface area contributed by atoms with Crippen LogP contribution in [0.15, 0.2) is 18.2 Å². The molecule has 0 bridgehead atoms. The highest BCUT2D eigenvalue weighted by Crippen LogP contribution is 2.33. The Morgan fingerprint density at radius 1 is 1.42 bits per heavy atom. The van der Waals surface area contributed by atoms with Gasteiger partial charge in [0.05, 0.1) is 23.9 Å². The van der Waals surface area contributed by atoms with Crippen molar-refractivity contribution in [2.45, 2.75) is 18.4 Å². The van der Waals surface area contributed by atoms with Crippen molar-refractivity contribution in [3.63, 3.8) is 0 Å². The Balaban J connectivity index is 0.00000180. The van der Waals surface area contributed by atoms with Crippen molar-refractivity contribution in [2.24, 2.45) is 5.73 Å². The molecule has 19 heavy (non-hydrogen) atoms. The number of benzene rings is 1. The number of ether oxygens (including phenoxy) is 1. The second-order valence-electron chi connectivity index (χ2n) is 4.30. The van der Waals surface area contributed by atoms with Crippen molar-refractivity contribution < 1.29 is 18.7 Å². The van der Waals surface area contributed by atoms with Gasteiger partial charge in [0.1, 0.15) is 5.82 Å². The van der Waals surface area contributed by atoms with Crippen molar-refractivity contribution in [1.82, 2.24) is 0 Å². The lowest BCUT2D eigenvalue weighted by Gasteiger charge is -2.11. The molecule has 0 heterocycles. The number of rotatable bonds is 3. The summed E-state index contributed by atoms with van der Waals surface area (Å²) in [5, 5.41) is 2.39. The molecule has 2 rings (SSSR count). The first kappa shape index (κ1) is 15.4. The molecule has 1 aromatic rings. The van der Waals surface area contributed by atoms with E-state index in [0.717, 1.165) is 6.07 Å². The van der Waals surface area contributed by atoms with E-state index in [-0.39, 0.29) is 23.7 Å². The molecule has 0 radical (unpaired) electrons. The van der Waals surface area contributed by atoms with Crippen molar-refractivity contribution in [2.75, 3.05) is 12.4 Å². The van der Waals surface area contributed by atoms with Crippen LogP contribution in [0.3, 0.4) is 0 Å². The molecule has 1 aliphatic carbocycles. The Morgan fingerprint density at radius 2 is 2.05 bits per heavy atom. The summed E-state index contributed by atoms with van der Waals surface area (Å²) in [6.45, 7) is 0. The van der Waals surface area contributed by atoms with Crippen molar-refractivity contribution in [3.8, 4) is 0 Å². The second kappa shape index (κ2) is 5.54. The van der Waals surface area contributed by atoms with Crippen LogP contribution in [-0.2, 0) is 9.53 Å². The maximum Gasteiger partial charge on any atom is 0.337 e. The van der Waals surface area contributed by atoms with Gasteiger partial charge in [0.25, 0.3) is 0 Å². The lowest BCUT2D eigenvalue weighted by atomic mass is 10.2. The van der Waals surface area contributed by atoms with E-state index in [4.69, 9.17) is 5.73 Å². The number of carbonyl (C=O) groups excluding carboxylic acids is 2. The zero-order valence-electron chi connectivity index (χ0n) is 10.2. The molecule has 0 aliphatic heterocycles. The van der Waals surface area contributed by atoms with Gasteiger partial charge in [0.2, 0.25) is 5.91 Å². The first-order valence-corrected chi connectivity index (χ1v) is 5.44. The van der Waals surface area contributed by atoms with Crippen molar-refractivity contribution in [3.05, 3.63) is 29.6 Å². The average Bonchev–Trinajstić information content (AvgIpc) is 3.10. The largest absolute Gasteiger partial charge is 0.465 e. The van der Waals surface area contributed by atoms with E-state index in [1.807, 2.05) is 0 Å². The number of methoxy groups -OCH3 is 1. The van der Waals surface area contributed by atoms with Gasteiger partial charge >= 0.3 is 5.97 Å². The zero-order valence-corrected chi connectivity index (χ0v) is 11.1. The minimum atomic E-state index is -0.895. The molecule has 3 N–H and O–H groups in total. The molecule has 0 unspecified atom stereocenters. The Hall–Kier alpha value is -1.66. The first-order chi connectivity index (χ1) is 8.46. The third-order valence-electron chi connectivity index (χ3n) is 2.88. The number of hydrogen-bond acceptors (Lipinski definition) is 4. The molecule has 1 saturated carbocycles. The Labute approximate surface area is 115 Å². The standard InChI is InChI=1S/C12H13FN2O3.ClH/c1-18-10(16)7-2-3-8(13)9(6-7)15-11(17)12(14)4-5-12;/h2-3,6H,4-5,14H2,1H3,(H,15,17);1H. The van der Waals surface area contributed by atoms with Crippen LogP contribution in [0.2, 0.25) is 0 Å². The summed E-state index contributed by atoms with van der Waals surface area (Å²) in [7, 11) is 1.23. The summed E-state index contributed by atoms with van der Waals surface area (Å²) in [5.41, 5.74) is 4.88. The summed E-state index contributed by atoms with van der Waals surface area (Å²) in [6, 6.07) is 3.61. The monoisotopic (exact) mass is 288 g/mol. The quantitative estimate of drug-likeness (QED) is 0.825. The highest BCUT2D eigenvalue weighted by atomic mass is 35.5. The van der Waals surface area contributed by atoms with Gasteiger partial charge in [-0.15, -0.1) is 12.4 Å². The molecular weight excluding hydrogens is 275 g/mol. The molecule has 1 aliphatic rings. The van der Waals surface area contributed by atoms with Gasteiger partial charge < -0.3 is 15.8 Å². The number of nitrogens with one attached hydrogen (secondary N) is 1. The predicted molar refractivity (Wildman–Crippen MR) is 69.8 cm³/mol. The van der Waals surface area contributed by atoms with Gasteiger partial charge in [0, 0.05) is 0 Å². The van der Waals surface area contributed by atoms with Crippen molar-refractivity contribution in [1.29, 1.82) is 0 Å². The van der Waals surface area contributed by atoms with Crippen molar-refractivity contribution >= 4 is 30.0 Å². The van der Waals surface area contributed by atoms with E-state index in [0.29, 0.717) is 12.8 Å². The Kier molecular flexibility index (Phi) is 4.49. The number of hydrogen-bond donors (Lipinski definition) is 2. The first-order valence-electron chi connectivity index (χ1n) is 5.44. The molecule has 0 spiro atoms. The lowest BCUT2D eigenvalue weighted by Crippen LogP contribution is -2.38. The number of anilines is 1. The van der Waals surface area contributed by atoms with Crippen LogP contribution in [0.25, 0.3) is 0 Å². The fourth-order valence-electron chi connectivity index (χ4n) is 1.47. The third kappa shape index (κ3) is 3.21. The Bertz CT molecular complexity index is 518. The fraction of sp³-hybridized carbons (Fsp3) is 0.333. The van der Waals surface area contributed by atoms with E-state index in [1.165, 1.54) is 19.2 Å². The topological polar surface area (TPSA) is 81.4 Å². The van der Waals surface area contributed by atoms with Gasteiger partial charge in [-0.1, -0.05) is 0 Å². The van der Waals surface area contributed by atoms with Crippen LogP contribution in [0.4, 0.5) is 10.1 Å².